The molecule has 1 aliphatic carbocycles. The van der Waals surface area contributed by atoms with Crippen molar-refractivity contribution >= 4 is 21.8 Å². The molecule has 1 aliphatic rings. The lowest BCUT2D eigenvalue weighted by Crippen LogP contribution is -2.41. The fraction of sp³-hybridized carbons (Fsp3) is 0.533. The standard InChI is InChI=1S/C15H20BrNO/c1-10-11(6-4-7-12(10)16)14(18)17-13-8-5-9-15(13,2)3/h4,6-7,13H,5,8-9H2,1-3H3,(H,17,18). The maximum absolute atomic E-state index is 12.3. The van der Waals surface area contributed by atoms with Crippen LogP contribution in [0.25, 0.3) is 0 Å². The first-order chi connectivity index (χ1) is 8.42. The van der Waals surface area contributed by atoms with Crippen LogP contribution in [0.5, 0.6) is 0 Å². The molecule has 2 rings (SSSR count). The number of nitrogens with one attached hydrogen (secondary N) is 1. The maximum atomic E-state index is 12.3. The lowest BCUT2D eigenvalue weighted by molar-refractivity contribution is 0.0909. The fourth-order valence-corrected chi connectivity index (χ4v) is 3.05. The normalized spacial score (nSPS) is 21.9. The smallest absolute Gasteiger partial charge is 0.251 e. The van der Waals surface area contributed by atoms with Gasteiger partial charge in [0.15, 0.2) is 0 Å². The Bertz CT molecular complexity index is 468. The predicted octanol–water partition coefficient (Wildman–Crippen LogP) is 4.07. The van der Waals surface area contributed by atoms with E-state index in [1.165, 1.54) is 12.8 Å². The molecule has 1 atom stereocenters. The Kier molecular flexibility index (Phi) is 3.81. The first-order valence-corrected chi connectivity index (χ1v) is 7.27. The summed E-state index contributed by atoms with van der Waals surface area (Å²) in [5.74, 6) is 0.0498. The van der Waals surface area contributed by atoms with Crippen molar-refractivity contribution in [3.05, 3.63) is 33.8 Å². The van der Waals surface area contributed by atoms with Crippen molar-refractivity contribution < 1.29 is 4.79 Å². The molecule has 1 N–H and O–H groups in total. The first kappa shape index (κ1) is 13.6. The molecule has 0 heterocycles. The summed E-state index contributed by atoms with van der Waals surface area (Å²) in [5.41, 5.74) is 1.99. The molecule has 98 valence electrons. The minimum absolute atomic E-state index is 0.0498. The molecule has 0 bridgehead atoms. The summed E-state index contributed by atoms with van der Waals surface area (Å²) in [6.45, 7) is 6.44. The molecule has 1 aromatic carbocycles. The number of benzene rings is 1. The maximum Gasteiger partial charge on any atom is 0.251 e. The molecule has 0 spiro atoms. The van der Waals surface area contributed by atoms with Crippen LogP contribution in [0, 0.1) is 12.3 Å². The van der Waals surface area contributed by atoms with Crippen molar-refractivity contribution in [1.82, 2.24) is 5.32 Å². The van der Waals surface area contributed by atoms with Crippen molar-refractivity contribution in [2.24, 2.45) is 5.41 Å². The Morgan fingerprint density at radius 1 is 1.44 bits per heavy atom. The zero-order valence-corrected chi connectivity index (χ0v) is 12.8. The number of hydrogen-bond donors (Lipinski definition) is 1. The first-order valence-electron chi connectivity index (χ1n) is 6.48. The van der Waals surface area contributed by atoms with Gasteiger partial charge in [0.1, 0.15) is 0 Å². The van der Waals surface area contributed by atoms with Gasteiger partial charge in [0, 0.05) is 16.1 Å². The third-order valence-corrected chi connectivity index (χ3v) is 4.93. The molecule has 18 heavy (non-hydrogen) atoms. The Labute approximate surface area is 117 Å². The average molecular weight is 310 g/mol. The third kappa shape index (κ3) is 2.61. The number of carbonyl (C=O) groups excluding carboxylic acids is 1. The van der Waals surface area contributed by atoms with Crippen LogP contribution in [0.4, 0.5) is 0 Å². The van der Waals surface area contributed by atoms with E-state index in [-0.39, 0.29) is 11.3 Å². The van der Waals surface area contributed by atoms with E-state index in [2.05, 4.69) is 35.1 Å². The van der Waals surface area contributed by atoms with Gasteiger partial charge in [0.05, 0.1) is 0 Å². The summed E-state index contributed by atoms with van der Waals surface area (Å²) in [5, 5.41) is 3.19. The fourth-order valence-electron chi connectivity index (χ4n) is 2.68. The molecule has 3 heteroatoms. The van der Waals surface area contributed by atoms with Gasteiger partial charge in [-0.15, -0.1) is 0 Å². The highest BCUT2D eigenvalue weighted by Gasteiger charge is 2.35. The summed E-state index contributed by atoms with van der Waals surface area (Å²) in [7, 11) is 0. The van der Waals surface area contributed by atoms with E-state index < -0.39 is 0 Å². The SMILES string of the molecule is Cc1c(Br)cccc1C(=O)NC1CCCC1(C)C. The van der Waals surface area contributed by atoms with E-state index in [4.69, 9.17) is 0 Å². The van der Waals surface area contributed by atoms with E-state index in [9.17, 15) is 4.79 Å². The quantitative estimate of drug-likeness (QED) is 0.876. The van der Waals surface area contributed by atoms with Gasteiger partial charge in [-0.2, -0.15) is 0 Å². The van der Waals surface area contributed by atoms with E-state index in [1.54, 1.807) is 0 Å². The van der Waals surface area contributed by atoms with Gasteiger partial charge in [0.25, 0.3) is 5.91 Å². The van der Waals surface area contributed by atoms with Gasteiger partial charge in [-0.05, 0) is 42.9 Å². The molecule has 1 amide bonds. The van der Waals surface area contributed by atoms with Crippen molar-refractivity contribution in [2.45, 2.75) is 46.1 Å². The van der Waals surface area contributed by atoms with Crippen LogP contribution in [0.1, 0.15) is 49.0 Å². The molecule has 0 radical (unpaired) electrons. The van der Waals surface area contributed by atoms with Gasteiger partial charge in [0.2, 0.25) is 0 Å². The van der Waals surface area contributed by atoms with Gasteiger partial charge in [-0.25, -0.2) is 0 Å². The van der Waals surface area contributed by atoms with Gasteiger partial charge >= 0.3 is 0 Å². The van der Waals surface area contributed by atoms with E-state index >= 15 is 0 Å². The van der Waals surface area contributed by atoms with Crippen LogP contribution >= 0.6 is 15.9 Å². The molecular formula is C15H20BrNO. The number of halogens is 1. The van der Waals surface area contributed by atoms with Gasteiger partial charge in [-0.3, -0.25) is 4.79 Å². The zero-order chi connectivity index (χ0) is 13.3. The summed E-state index contributed by atoms with van der Waals surface area (Å²) in [4.78, 5) is 12.3. The summed E-state index contributed by atoms with van der Waals surface area (Å²) >= 11 is 3.47. The van der Waals surface area contributed by atoms with Crippen LogP contribution in [-0.4, -0.2) is 11.9 Å². The van der Waals surface area contributed by atoms with Crippen LogP contribution in [0.3, 0.4) is 0 Å². The highest BCUT2D eigenvalue weighted by Crippen LogP contribution is 2.37. The van der Waals surface area contributed by atoms with Crippen molar-refractivity contribution in [2.75, 3.05) is 0 Å². The Morgan fingerprint density at radius 3 is 2.78 bits per heavy atom. The Hall–Kier alpha value is -0.830. The second kappa shape index (κ2) is 5.04. The Balaban J connectivity index is 2.15. The highest BCUT2D eigenvalue weighted by atomic mass is 79.9. The van der Waals surface area contributed by atoms with Crippen LogP contribution < -0.4 is 5.32 Å². The van der Waals surface area contributed by atoms with E-state index in [0.29, 0.717) is 6.04 Å². The van der Waals surface area contributed by atoms with E-state index in [1.807, 2.05) is 25.1 Å². The van der Waals surface area contributed by atoms with Crippen molar-refractivity contribution in [3.63, 3.8) is 0 Å². The number of hydrogen-bond acceptors (Lipinski definition) is 1. The molecule has 1 unspecified atom stereocenters. The second-order valence-corrected chi connectivity index (χ2v) is 6.67. The van der Waals surface area contributed by atoms with Crippen molar-refractivity contribution in [1.29, 1.82) is 0 Å². The second-order valence-electron chi connectivity index (χ2n) is 5.82. The highest BCUT2D eigenvalue weighted by molar-refractivity contribution is 9.10. The summed E-state index contributed by atoms with van der Waals surface area (Å²) in [6.07, 6.45) is 3.48. The molecule has 2 nitrogen and oxygen atoms in total. The monoisotopic (exact) mass is 309 g/mol. The predicted molar refractivity (Wildman–Crippen MR) is 77.8 cm³/mol. The third-order valence-electron chi connectivity index (χ3n) is 4.07. The van der Waals surface area contributed by atoms with Crippen LogP contribution in [0.2, 0.25) is 0 Å². The van der Waals surface area contributed by atoms with E-state index in [0.717, 1.165) is 22.0 Å². The molecule has 1 fully saturated rings. The minimum Gasteiger partial charge on any atom is -0.349 e. The molecule has 0 aliphatic heterocycles. The Morgan fingerprint density at radius 2 is 2.17 bits per heavy atom. The lowest BCUT2D eigenvalue weighted by Gasteiger charge is -2.28. The average Bonchev–Trinajstić information content (AvgIpc) is 2.62. The summed E-state index contributed by atoms with van der Waals surface area (Å²) < 4.78 is 0.987. The largest absolute Gasteiger partial charge is 0.349 e. The van der Waals surface area contributed by atoms with Gasteiger partial charge in [-0.1, -0.05) is 42.3 Å². The molecule has 0 aromatic heterocycles. The van der Waals surface area contributed by atoms with Crippen LogP contribution in [-0.2, 0) is 0 Å². The number of amides is 1. The number of carbonyl (C=O) groups is 1. The molecule has 1 saturated carbocycles. The molecule has 1 aromatic rings. The summed E-state index contributed by atoms with van der Waals surface area (Å²) in [6, 6.07) is 6.05. The minimum atomic E-state index is 0.0498. The number of rotatable bonds is 2. The van der Waals surface area contributed by atoms with Gasteiger partial charge < -0.3 is 5.32 Å². The molecular weight excluding hydrogens is 290 g/mol. The van der Waals surface area contributed by atoms with Crippen molar-refractivity contribution in [3.8, 4) is 0 Å². The topological polar surface area (TPSA) is 29.1 Å². The zero-order valence-electron chi connectivity index (χ0n) is 11.2. The molecule has 0 saturated heterocycles. The van der Waals surface area contributed by atoms with Crippen LogP contribution in [0.15, 0.2) is 22.7 Å². The lowest BCUT2D eigenvalue weighted by atomic mass is 9.87.